The van der Waals surface area contributed by atoms with Crippen molar-refractivity contribution >= 4 is 0 Å². The van der Waals surface area contributed by atoms with Gasteiger partial charge in [0.05, 0.1) is 0 Å². The van der Waals surface area contributed by atoms with Gasteiger partial charge in [-0.2, -0.15) is 0 Å². The van der Waals surface area contributed by atoms with E-state index in [1.165, 1.54) is 12.8 Å². The van der Waals surface area contributed by atoms with Crippen LogP contribution in [0.4, 0.5) is 0 Å². The van der Waals surface area contributed by atoms with E-state index in [1.54, 1.807) is 0 Å². The zero-order valence-electron chi connectivity index (χ0n) is 14.1. The lowest BCUT2D eigenvalue weighted by atomic mass is 10.1. The maximum atomic E-state index is 5.64. The highest BCUT2D eigenvalue weighted by molar-refractivity contribution is 4.70. The molecule has 0 rings (SSSR count). The van der Waals surface area contributed by atoms with Gasteiger partial charge in [0.25, 0.3) is 0 Å². The molecular weight excluding hydrogens is 236 g/mol. The minimum Gasteiger partial charge on any atom is -0.381 e. The maximum absolute atomic E-state index is 5.64. The predicted molar refractivity (Wildman–Crippen MR) is 84.8 cm³/mol. The minimum atomic E-state index is 0.237. The van der Waals surface area contributed by atoms with Gasteiger partial charge < -0.3 is 15.4 Å². The summed E-state index contributed by atoms with van der Waals surface area (Å²) in [6.07, 6.45) is 4.71. The molecule has 0 saturated heterocycles. The number of hydrogen-bond acceptors (Lipinski definition) is 3. The lowest BCUT2D eigenvalue weighted by molar-refractivity contribution is 0.126. The molecule has 0 radical (unpaired) electrons. The SMILES string of the molecule is CC(C)(C)NCCCCOCCCCNC(C)(C)C. The fraction of sp³-hybridized carbons (Fsp3) is 1.00. The number of nitrogens with one attached hydrogen (secondary N) is 2. The molecule has 0 fully saturated rings. The van der Waals surface area contributed by atoms with Crippen molar-refractivity contribution in [3.63, 3.8) is 0 Å². The summed E-state index contributed by atoms with van der Waals surface area (Å²) in [5, 5.41) is 6.98. The molecule has 0 aromatic carbocycles. The fourth-order valence-electron chi connectivity index (χ4n) is 1.69. The highest BCUT2D eigenvalue weighted by atomic mass is 16.5. The second-order valence-corrected chi connectivity index (χ2v) is 7.38. The van der Waals surface area contributed by atoms with Gasteiger partial charge in [-0.3, -0.25) is 0 Å². The maximum Gasteiger partial charge on any atom is 0.0466 e. The van der Waals surface area contributed by atoms with Gasteiger partial charge >= 0.3 is 0 Å². The van der Waals surface area contributed by atoms with Crippen LogP contribution in [0.25, 0.3) is 0 Å². The molecule has 0 spiro atoms. The van der Waals surface area contributed by atoms with E-state index >= 15 is 0 Å². The third kappa shape index (κ3) is 17.9. The van der Waals surface area contributed by atoms with Crippen molar-refractivity contribution in [3.8, 4) is 0 Å². The third-order valence-corrected chi connectivity index (χ3v) is 2.74. The second-order valence-electron chi connectivity index (χ2n) is 7.38. The van der Waals surface area contributed by atoms with Gasteiger partial charge in [-0.25, -0.2) is 0 Å². The molecule has 0 unspecified atom stereocenters. The first-order valence-electron chi connectivity index (χ1n) is 7.78. The normalized spacial score (nSPS) is 12.9. The van der Waals surface area contributed by atoms with E-state index in [4.69, 9.17) is 4.74 Å². The molecule has 0 amide bonds. The van der Waals surface area contributed by atoms with Crippen molar-refractivity contribution in [1.82, 2.24) is 10.6 Å². The smallest absolute Gasteiger partial charge is 0.0466 e. The Morgan fingerprint density at radius 3 is 1.32 bits per heavy atom. The monoisotopic (exact) mass is 272 g/mol. The van der Waals surface area contributed by atoms with Crippen molar-refractivity contribution in [2.24, 2.45) is 0 Å². The Morgan fingerprint density at radius 1 is 0.632 bits per heavy atom. The first-order chi connectivity index (χ1) is 8.71. The molecule has 0 heterocycles. The lowest BCUT2D eigenvalue weighted by Gasteiger charge is -2.20. The quantitative estimate of drug-likeness (QED) is 0.598. The van der Waals surface area contributed by atoms with Gasteiger partial charge in [0, 0.05) is 24.3 Å². The summed E-state index contributed by atoms with van der Waals surface area (Å²) >= 11 is 0. The highest BCUT2D eigenvalue weighted by Crippen LogP contribution is 2.01. The van der Waals surface area contributed by atoms with E-state index in [9.17, 15) is 0 Å². The van der Waals surface area contributed by atoms with Crippen molar-refractivity contribution in [2.75, 3.05) is 26.3 Å². The Morgan fingerprint density at radius 2 is 1.00 bits per heavy atom. The summed E-state index contributed by atoms with van der Waals surface area (Å²) in [7, 11) is 0. The van der Waals surface area contributed by atoms with Gasteiger partial charge in [0.15, 0.2) is 0 Å². The standard InChI is InChI=1S/C16H36N2O/c1-15(2,3)17-11-7-9-13-19-14-10-8-12-18-16(4,5)6/h17-18H,7-14H2,1-6H3. The van der Waals surface area contributed by atoms with Crippen LogP contribution in [-0.4, -0.2) is 37.4 Å². The van der Waals surface area contributed by atoms with E-state index < -0.39 is 0 Å². The topological polar surface area (TPSA) is 33.3 Å². The molecule has 2 N–H and O–H groups in total. The molecule has 0 aromatic heterocycles. The lowest BCUT2D eigenvalue weighted by Crippen LogP contribution is -2.36. The number of ether oxygens (including phenoxy) is 1. The molecule has 19 heavy (non-hydrogen) atoms. The van der Waals surface area contributed by atoms with Crippen molar-refractivity contribution in [3.05, 3.63) is 0 Å². The summed E-state index contributed by atoms with van der Waals surface area (Å²) in [5.74, 6) is 0. The average molecular weight is 272 g/mol. The van der Waals surface area contributed by atoms with Gasteiger partial charge in [-0.05, 0) is 80.3 Å². The average Bonchev–Trinajstić information content (AvgIpc) is 2.22. The number of unbranched alkanes of at least 4 members (excludes halogenated alkanes) is 2. The van der Waals surface area contributed by atoms with E-state index in [2.05, 4.69) is 52.2 Å². The van der Waals surface area contributed by atoms with Gasteiger partial charge in [0.1, 0.15) is 0 Å². The van der Waals surface area contributed by atoms with Crippen LogP contribution < -0.4 is 10.6 Å². The molecule has 0 bridgehead atoms. The van der Waals surface area contributed by atoms with Crippen molar-refractivity contribution in [2.45, 2.75) is 78.3 Å². The first kappa shape index (κ1) is 18.9. The molecule has 116 valence electrons. The summed E-state index contributed by atoms with van der Waals surface area (Å²) in [6, 6.07) is 0. The Hall–Kier alpha value is -0.120. The Kier molecular flexibility index (Phi) is 9.67. The summed E-state index contributed by atoms with van der Waals surface area (Å²) < 4.78 is 5.64. The van der Waals surface area contributed by atoms with Crippen LogP contribution in [0.3, 0.4) is 0 Å². The van der Waals surface area contributed by atoms with Crippen LogP contribution >= 0.6 is 0 Å². The molecule has 0 aliphatic rings. The van der Waals surface area contributed by atoms with Crippen LogP contribution in [-0.2, 0) is 4.74 Å². The third-order valence-electron chi connectivity index (χ3n) is 2.74. The number of hydrogen-bond donors (Lipinski definition) is 2. The summed E-state index contributed by atoms with van der Waals surface area (Å²) in [4.78, 5) is 0. The first-order valence-corrected chi connectivity index (χ1v) is 7.78. The van der Waals surface area contributed by atoms with Crippen LogP contribution in [0.1, 0.15) is 67.2 Å². The second kappa shape index (κ2) is 9.73. The van der Waals surface area contributed by atoms with E-state index in [0.29, 0.717) is 0 Å². The molecule has 0 atom stereocenters. The van der Waals surface area contributed by atoms with Crippen LogP contribution in [0.15, 0.2) is 0 Å². The number of rotatable bonds is 10. The van der Waals surface area contributed by atoms with Gasteiger partial charge in [-0.15, -0.1) is 0 Å². The predicted octanol–water partition coefficient (Wildman–Crippen LogP) is 3.34. The molecule has 0 saturated carbocycles. The fourth-order valence-corrected chi connectivity index (χ4v) is 1.69. The Labute approximate surface area is 120 Å². The molecule has 0 aliphatic heterocycles. The van der Waals surface area contributed by atoms with Crippen molar-refractivity contribution in [1.29, 1.82) is 0 Å². The van der Waals surface area contributed by atoms with Gasteiger partial charge in [-0.1, -0.05) is 0 Å². The molecule has 3 nitrogen and oxygen atoms in total. The molecule has 3 heteroatoms. The van der Waals surface area contributed by atoms with Crippen LogP contribution in [0, 0.1) is 0 Å². The highest BCUT2D eigenvalue weighted by Gasteiger charge is 2.07. The Balaban J connectivity index is 3.12. The molecule has 0 aliphatic carbocycles. The minimum absolute atomic E-state index is 0.237. The Bertz CT molecular complexity index is 182. The van der Waals surface area contributed by atoms with E-state index in [-0.39, 0.29) is 11.1 Å². The van der Waals surface area contributed by atoms with E-state index in [1.807, 2.05) is 0 Å². The van der Waals surface area contributed by atoms with E-state index in [0.717, 1.165) is 39.1 Å². The summed E-state index contributed by atoms with van der Waals surface area (Å²) in [6.45, 7) is 17.2. The van der Waals surface area contributed by atoms with Crippen molar-refractivity contribution < 1.29 is 4.74 Å². The summed E-state index contributed by atoms with van der Waals surface area (Å²) in [5.41, 5.74) is 0.474. The van der Waals surface area contributed by atoms with Crippen LogP contribution in [0.5, 0.6) is 0 Å². The zero-order chi connectivity index (χ0) is 14.8. The molecular formula is C16H36N2O. The largest absolute Gasteiger partial charge is 0.381 e. The zero-order valence-corrected chi connectivity index (χ0v) is 14.1. The molecule has 0 aromatic rings. The van der Waals surface area contributed by atoms with Gasteiger partial charge in [0.2, 0.25) is 0 Å². The van der Waals surface area contributed by atoms with Crippen LogP contribution in [0.2, 0.25) is 0 Å².